The number of β-amino-alcohol motifs (C(OH)–C–C–N with tert-alkyl or cyclic N) is 1. The van der Waals surface area contributed by atoms with Crippen molar-refractivity contribution in [2.75, 3.05) is 13.1 Å². The second-order valence-corrected chi connectivity index (χ2v) is 6.74. The zero-order valence-electron chi connectivity index (χ0n) is 15.2. The van der Waals surface area contributed by atoms with Crippen LogP contribution < -0.4 is 4.74 Å². The maximum absolute atomic E-state index is 12.2. The average Bonchev–Trinajstić information content (AvgIpc) is 2.65. The zero-order valence-corrected chi connectivity index (χ0v) is 15.2. The molecule has 0 radical (unpaired) electrons. The van der Waals surface area contributed by atoms with E-state index in [0.717, 1.165) is 16.9 Å². The molecule has 1 saturated heterocycles. The van der Waals surface area contributed by atoms with Gasteiger partial charge >= 0.3 is 6.09 Å². The van der Waals surface area contributed by atoms with Gasteiger partial charge in [0.15, 0.2) is 0 Å². The van der Waals surface area contributed by atoms with Crippen LogP contribution in [0.25, 0.3) is 0 Å². The van der Waals surface area contributed by atoms with E-state index in [-0.39, 0.29) is 19.3 Å². The number of piperidine rings is 1. The van der Waals surface area contributed by atoms with Crippen molar-refractivity contribution >= 4 is 6.09 Å². The van der Waals surface area contributed by atoms with Gasteiger partial charge in [-0.25, -0.2) is 4.79 Å². The molecule has 0 saturated carbocycles. The van der Waals surface area contributed by atoms with E-state index in [1.807, 2.05) is 62.4 Å². The van der Waals surface area contributed by atoms with Crippen molar-refractivity contribution in [2.45, 2.75) is 39.1 Å². The molecule has 1 aliphatic rings. The first kappa shape index (κ1) is 18.3. The summed E-state index contributed by atoms with van der Waals surface area (Å²) in [6.45, 7) is 5.02. The van der Waals surface area contributed by atoms with Gasteiger partial charge in [-0.15, -0.1) is 0 Å². The van der Waals surface area contributed by atoms with Gasteiger partial charge in [0.05, 0.1) is 6.54 Å². The topological polar surface area (TPSA) is 59.0 Å². The van der Waals surface area contributed by atoms with Crippen LogP contribution in [0.3, 0.4) is 0 Å². The number of aliphatic hydroxyl groups excluding tert-OH is 1. The number of carbonyl (C=O) groups is 1. The van der Waals surface area contributed by atoms with Crippen LogP contribution in [0.2, 0.25) is 0 Å². The van der Waals surface area contributed by atoms with Crippen molar-refractivity contribution in [1.29, 1.82) is 0 Å². The smallest absolute Gasteiger partial charge is 0.410 e. The van der Waals surface area contributed by atoms with Crippen LogP contribution in [-0.4, -0.2) is 41.4 Å². The normalized spacial score (nSPS) is 19.9. The summed E-state index contributed by atoms with van der Waals surface area (Å²) in [6.07, 6.45) is -0.906. The summed E-state index contributed by atoms with van der Waals surface area (Å²) in [4.78, 5) is 13.8. The second kappa shape index (κ2) is 8.23. The quantitative estimate of drug-likeness (QED) is 0.913. The predicted octanol–water partition coefficient (Wildman–Crippen LogP) is 3.45. The van der Waals surface area contributed by atoms with Gasteiger partial charge in [0.25, 0.3) is 0 Å². The van der Waals surface area contributed by atoms with Crippen LogP contribution in [0.15, 0.2) is 48.5 Å². The number of nitrogens with zero attached hydrogens (tertiary/aromatic N) is 1. The molecular formula is C21H25NO4. The van der Waals surface area contributed by atoms with Gasteiger partial charge in [-0.2, -0.15) is 0 Å². The van der Waals surface area contributed by atoms with E-state index in [4.69, 9.17) is 9.47 Å². The summed E-state index contributed by atoms with van der Waals surface area (Å²) < 4.78 is 11.3. The number of carbonyl (C=O) groups excluding carboxylic acids is 1. The lowest BCUT2D eigenvalue weighted by atomic mass is 10.0. The molecule has 0 spiro atoms. The van der Waals surface area contributed by atoms with Crippen LogP contribution in [0.1, 0.15) is 23.1 Å². The van der Waals surface area contributed by atoms with E-state index in [0.29, 0.717) is 13.0 Å². The molecule has 3 rings (SSSR count). The molecule has 1 fully saturated rings. The average molecular weight is 355 g/mol. The summed E-state index contributed by atoms with van der Waals surface area (Å²) in [5.41, 5.74) is 3.29. The lowest BCUT2D eigenvalue weighted by Crippen LogP contribution is -2.51. The lowest BCUT2D eigenvalue weighted by molar-refractivity contribution is -0.0252. The largest absolute Gasteiger partial charge is 0.488 e. The third kappa shape index (κ3) is 4.55. The first-order chi connectivity index (χ1) is 12.5. The molecule has 1 N–H and O–H groups in total. The Bertz CT molecular complexity index is 747. The molecule has 138 valence electrons. The van der Waals surface area contributed by atoms with E-state index >= 15 is 0 Å². The molecule has 2 aromatic carbocycles. The third-order valence-corrected chi connectivity index (χ3v) is 4.75. The van der Waals surface area contributed by atoms with Crippen LogP contribution in [0.4, 0.5) is 4.79 Å². The molecule has 5 heteroatoms. The number of likely N-dealkylation sites (tertiary alicyclic amines) is 1. The molecule has 2 atom stereocenters. The fraction of sp³-hybridized carbons (Fsp3) is 0.381. The fourth-order valence-corrected chi connectivity index (χ4v) is 2.99. The third-order valence-electron chi connectivity index (χ3n) is 4.75. The monoisotopic (exact) mass is 355 g/mol. The van der Waals surface area contributed by atoms with Crippen LogP contribution in [0.5, 0.6) is 5.75 Å². The SMILES string of the molecule is Cc1ccc(O[C@@H]2CCN(C(=O)OCc3ccccc3)C[C@@H]2O)cc1C. The van der Waals surface area contributed by atoms with Crippen molar-refractivity contribution in [3.63, 3.8) is 0 Å². The van der Waals surface area contributed by atoms with Crippen molar-refractivity contribution in [1.82, 2.24) is 4.90 Å². The zero-order chi connectivity index (χ0) is 18.5. The molecule has 0 bridgehead atoms. The highest BCUT2D eigenvalue weighted by molar-refractivity contribution is 5.67. The minimum atomic E-state index is -0.741. The van der Waals surface area contributed by atoms with Gasteiger partial charge in [0.1, 0.15) is 24.6 Å². The summed E-state index contributed by atoms with van der Waals surface area (Å²) in [5.74, 6) is 0.747. The molecule has 26 heavy (non-hydrogen) atoms. The molecule has 1 amide bonds. The Labute approximate surface area is 154 Å². The first-order valence-electron chi connectivity index (χ1n) is 8.90. The Kier molecular flexibility index (Phi) is 5.78. The van der Waals surface area contributed by atoms with Crippen LogP contribution >= 0.6 is 0 Å². The highest BCUT2D eigenvalue weighted by Gasteiger charge is 2.32. The number of rotatable bonds is 4. The minimum absolute atomic E-state index is 0.211. The number of aryl methyl sites for hydroxylation is 2. The van der Waals surface area contributed by atoms with Crippen LogP contribution in [0, 0.1) is 13.8 Å². The molecule has 1 heterocycles. The highest BCUT2D eigenvalue weighted by Crippen LogP contribution is 2.22. The van der Waals surface area contributed by atoms with Gasteiger partial charge in [-0.3, -0.25) is 0 Å². The van der Waals surface area contributed by atoms with Gasteiger partial charge < -0.3 is 19.5 Å². The van der Waals surface area contributed by atoms with Crippen molar-refractivity contribution in [3.05, 3.63) is 65.2 Å². The van der Waals surface area contributed by atoms with E-state index in [1.165, 1.54) is 10.5 Å². The Hall–Kier alpha value is -2.53. The van der Waals surface area contributed by atoms with Crippen molar-refractivity contribution in [3.8, 4) is 5.75 Å². The van der Waals surface area contributed by atoms with E-state index in [1.54, 1.807) is 0 Å². The fourth-order valence-electron chi connectivity index (χ4n) is 2.99. The first-order valence-corrected chi connectivity index (χ1v) is 8.90. The van der Waals surface area contributed by atoms with E-state index in [9.17, 15) is 9.90 Å². The maximum atomic E-state index is 12.2. The molecule has 0 unspecified atom stereocenters. The Morgan fingerprint density at radius 2 is 1.92 bits per heavy atom. The Balaban J connectivity index is 1.51. The predicted molar refractivity (Wildman–Crippen MR) is 99.2 cm³/mol. The number of hydrogen-bond acceptors (Lipinski definition) is 4. The second-order valence-electron chi connectivity index (χ2n) is 6.74. The molecule has 0 aliphatic carbocycles. The van der Waals surface area contributed by atoms with Crippen LogP contribution in [-0.2, 0) is 11.3 Å². The summed E-state index contributed by atoms with van der Waals surface area (Å²) >= 11 is 0. The van der Waals surface area contributed by atoms with Gasteiger partial charge in [-0.05, 0) is 42.7 Å². The van der Waals surface area contributed by atoms with E-state index in [2.05, 4.69) is 0 Å². The van der Waals surface area contributed by atoms with Crippen molar-refractivity contribution in [2.24, 2.45) is 0 Å². The summed E-state index contributed by atoms with van der Waals surface area (Å²) in [6, 6.07) is 15.4. The summed E-state index contributed by atoms with van der Waals surface area (Å²) in [7, 11) is 0. The van der Waals surface area contributed by atoms with E-state index < -0.39 is 12.2 Å². The number of hydrogen-bond donors (Lipinski definition) is 1. The highest BCUT2D eigenvalue weighted by atomic mass is 16.6. The Morgan fingerprint density at radius 1 is 1.15 bits per heavy atom. The van der Waals surface area contributed by atoms with Gasteiger partial charge in [-0.1, -0.05) is 36.4 Å². The molecule has 1 aliphatic heterocycles. The number of aliphatic hydroxyl groups is 1. The number of amides is 1. The molecular weight excluding hydrogens is 330 g/mol. The van der Waals surface area contributed by atoms with Gasteiger partial charge in [0, 0.05) is 13.0 Å². The molecule has 0 aromatic heterocycles. The van der Waals surface area contributed by atoms with Crippen molar-refractivity contribution < 1.29 is 19.4 Å². The minimum Gasteiger partial charge on any atom is -0.488 e. The number of benzene rings is 2. The molecule has 2 aromatic rings. The summed E-state index contributed by atoms with van der Waals surface area (Å²) in [5, 5.41) is 10.4. The Morgan fingerprint density at radius 3 is 2.62 bits per heavy atom. The maximum Gasteiger partial charge on any atom is 0.410 e. The number of ether oxygens (including phenoxy) is 2. The molecule has 5 nitrogen and oxygen atoms in total. The standard InChI is InChI=1S/C21H25NO4/c1-15-8-9-18(12-16(15)2)26-20-10-11-22(13-19(20)23)21(24)25-14-17-6-4-3-5-7-17/h3-9,12,19-20,23H,10-11,13-14H2,1-2H3/t19-,20+/m0/s1. The lowest BCUT2D eigenvalue weighted by Gasteiger charge is -2.35. The van der Waals surface area contributed by atoms with Gasteiger partial charge in [0.2, 0.25) is 0 Å².